The first-order chi connectivity index (χ1) is 13.8. The zero-order valence-electron chi connectivity index (χ0n) is 16.9. The molecule has 154 valence electrons. The normalized spacial score (nSPS) is 16.3. The van der Waals surface area contributed by atoms with Crippen LogP contribution in [0.15, 0.2) is 29.2 Å². The molecule has 3 rings (SSSR count). The molecule has 1 N–H and O–H groups in total. The Hall–Kier alpha value is -2.21. The molecule has 2 aromatic rings. The molecule has 1 aromatic heterocycles. The molecule has 1 aliphatic carbocycles. The Labute approximate surface area is 176 Å². The third kappa shape index (κ3) is 4.22. The first kappa shape index (κ1) is 21.5. The second kappa shape index (κ2) is 8.66. The van der Waals surface area contributed by atoms with Crippen LogP contribution in [0.5, 0.6) is 0 Å². The minimum absolute atomic E-state index is 0.163. The van der Waals surface area contributed by atoms with Gasteiger partial charge in [0.15, 0.2) is 0 Å². The van der Waals surface area contributed by atoms with Gasteiger partial charge in [0.2, 0.25) is 10.0 Å². The summed E-state index contributed by atoms with van der Waals surface area (Å²) in [6, 6.07) is 8.17. The van der Waals surface area contributed by atoms with Gasteiger partial charge in [0.25, 0.3) is 5.91 Å². The summed E-state index contributed by atoms with van der Waals surface area (Å²) in [7, 11) is -3.56. The maximum Gasteiger partial charge on any atom is 0.256 e. The smallest absolute Gasteiger partial charge is 0.256 e. The standard InChI is InChI=1S/C21H25N3O3S2/c1-4-24(5-2)29(26,27)16-9-7-15(8-10-16)20(25)23-21-18(13-22)17-12-14(3)6-11-19(17)28-21/h7-10,14H,4-6,11-12H2,1-3H3,(H,23,25)/t14-/m1/s1. The summed E-state index contributed by atoms with van der Waals surface area (Å²) >= 11 is 1.47. The molecular formula is C21H25N3O3S2. The topological polar surface area (TPSA) is 90.3 Å². The average Bonchev–Trinajstić information content (AvgIpc) is 3.04. The number of hydrogen-bond acceptors (Lipinski definition) is 5. The molecule has 8 heteroatoms. The zero-order valence-corrected chi connectivity index (χ0v) is 18.5. The van der Waals surface area contributed by atoms with Crippen LogP contribution in [-0.4, -0.2) is 31.7 Å². The number of anilines is 1. The number of nitrogens with one attached hydrogen (secondary N) is 1. The predicted molar refractivity (Wildman–Crippen MR) is 115 cm³/mol. The molecule has 0 fully saturated rings. The molecular weight excluding hydrogens is 406 g/mol. The van der Waals surface area contributed by atoms with Crippen LogP contribution in [0.1, 0.15) is 53.6 Å². The number of aryl methyl sites for hydroxylation is 1. The molecule has 0 spiro atoms. The number of nitrogens with zero attached hydrogens (tertiary/aromatic N) is 2. The molecule has 1 amide bonds. The van der Waals surface area contributed by atoms with E-state index in [2.05, 4.69) is 18.3 Å². The van der Waals surface area contributed by atoms with Gasteiger partial charge in [-0.1, -0.05) is 20.8 Å². The van der Waals surface area contributed by atoms with E-state index in [0.29, 0.717) is 35.1 Å². The van der Waals surface area contributed by atoms with Crippen molar-refractivity contribution < 1.29 is 13.2 Å². The Balaban J connectivity index is 1.82. The summed E-state index contributed by atoms with van der Waals surface area (Å²) in [4.78, 5) is 14.0. The molecule has 1 aliphatic rings. The molecule has 0 bridgehead atoms. The lowest BCUT2D eigenvalue weighted by atomic mass is 9.88. The van der Waals surface area contributed by atoms with Gasteiger partial charge in [-0.2, -0.15) is 9.57 Å². The number of hydrogen-bond donors (Lipinski definition) is 1. The average molecular weight is 432 g/mol. The Morgan fingerprint density at radius 3 is 2.52 bits per heavy atom. The monoisotopic (exact) mass is 431 g/mol. The summed E-state index contributed by atoms with van der Waals surface area (Å²) in [5.41, 5.74) is 1.98. The van der Waals surface area contributed by atoms with E-state index in [4.69, 9.17) is 0 Å². The summed E-state index contributed by atoms with van der Waals surface area (Å²) in [6.45, 7) is 6.53. The lowest BCUT2D eigenvalue weighted by molar-refractivity contribution is 0.102. The van der Waals surface area contributed by atoms with Crippen molar-refractivity contribution in [3.63, 3.8) is 0 Å². The molecule has 0 saturated heterocycles. The maximum absolute atomic E-state index is 12.7. The molecule has 1 atom stereocenters. The van der Waals surface area contributed by atoms with Gasteiger partial charge in [-0.3, -0.25) is 4.79 Å². The number of benzene rings is 1. The van der Waals surface area contributed by atoms with Crippen LogP contribution in [0.2, 0.25) is 0 Å². The highest BCUT2D eigenvalue weighted by Crippen LogP contribution is 2.39. The van der Waals surface area contributed by atoms with E-state index in [-0.39, 0.29) is 10.8 Å². The van der Waals surface area contributed by atoms with E-state index >= 15 is 0 Å². The number of thiophene rings is 1. The first-order valence-electron chi connectivity index (χ1n) is 9.78. The third-order valence-electron chi connectivity index (χ3n) is 5.31. The van der Waals surface area contributed by atoms with E-state index < -0.39 is 10.0 Å². The number of nitriles is 1. The predicted octanol–water partition coefficient (Wildman–Crippen LogP) is 4.03. The third-order valence-corrected chi connectivity index (χ3v) is 8.58. The van der Waals surface area contributed by atoms with Crippen LogP contribution in [0.4, 0.5) is 5.00 Å². The molecule has 0 saturated carbocycles. The van der Waals surface area contributed by atoms with Crippen molar-refractivity contribution >= 4 is 32.3 Å². The number of amides is 1. The highest BCUT2D eigenvalue weighted by Gasteiger charge is 2.25. The summed E-state index contributed by atoms with van der Waals surface area (Å²) in [5, 5.41) is 13.0. The van der Waals surface area contributed by atoms with E-state index in [0.717, 1.165) is 24.8 Å². The van der Waals surface area contributed by atoms with Crippen molar-refractivity contribution in [1.82, 2.24) is 4.31 Å². The van der Waals surface area contributed by atoms with E-state index in [1.165, 1.54) is 44.8 Å². The SMILES string of the molecule is CCN(CC)S(=O)(=O)c1ccc(C(=O)Nc2sc3c(c2C#N)C[C@H](C)CC3)cc1. The number of carbonyl (C=O) groups is 1. The van der Waals surface area contributed by atoms with Crippen LogP contribution in [-0.2, 0) is 22.9 Å². The fraction of sp³-hybridized carbons (Fsp3) is 0.429. The Morgan fingerprint density at radius 2 is 1.93 bits per heavy atom. The Morgan fingerprint density at radius 1 is 1.28 bits per heavy atom. The van der Waals surface area contributed by atoms with Gasteiger partial charge in [-0.15, -0.1) is 11.3 Å². The van der Waals surface area contributed by atoms with Crippen molar-refractivity contribution in [2.75, 3.05) is 18.4 Å². The molecule has 0 aliphatic heterocycles. The van der Waals surface area contributed by atoms with Crippen LogP contribution >= 0.6 is 11.3 Å². The number of fused-ring (bicyclic) bond motifs is 1. The highest BCUT2D eigenvalue weighted by molar-refractivity contribution is 7.89. The Kier molecular flexibility index (Phi) is 6.42. The summed E-state index contributed by atoms with van der Waals surface area (Å²) in [6.07, 6.45) is 2.89. The van der Waals surface area contributed by atoms with Gasteiger partial charge in [-0.25, -0.2) is 8.42 Å². The van der Waals surface area contributed by atoms with Crippen LogP contribution < -0.4 is 5.32 Å². The van der Waals surface area contributed by atoms with E-state index in [9.17, 15) is 18.5 Å². The van der Waals surface area contributed by atoms with Crippen molar-refractivity contribution in [3.8, 4) is 6.07 Å². The minimum atomic E-state index is -3.56. The van der Waals surface area contributed by atoms with Crippen LogP contribution in [0.3, 0.4) is 0 Å². The van der Waals surface area contributed by atoms with Gasteiger partial charge in [0, 0.05) is 23.5 Å². The fourth-order valence-corrected chi connectivity index (χ4v) is 6.28. The van der Waals surface area contributed by atoms with Gasteiger partial charge in [-0.05, 0) is 55.0 Å². The fourth-order valence-electron chi connectivity index (χ4n) is 3.63. The molecule has 0 radical (unpaired) electrons. The molecule has 6 nitrogen and oxygen atoms in total. The first-order valence-corrected chi connectivity index (χ1v) is 12.0. The molecule has 1 aromatic carbocycles. The second-order valence-electron chi connectivity index (χ2n) is 7.24. The number of rotatable bonds is 6. The minimum Gasteiger partial charge on any atom is -0.312 e. The van der Waals surface area contributed by atoms with E-state index in [1.807, 2.05) is 0 Å². The Bertz CT molecular complexity index is 1050. The lowest BCUT2D eigenvalue weighted by Gasteiger charge is -2.18. The van der Waals surface area contributed by atoms with Crippen molar-refractivity contribution in [3.05, 3.63) is 45.8 Å². The highest BCUT2D eigenvalue weighted by atomic mass is 32.2. The molecule has 29 heavy (non-hydrogen) atoms. The van der Waals surface area contributed by atoms with Crippen molar-refractivity contribution in [2.45, 2.75) is 44.9 Å². The van der Waals surface area contributed by atoms with Gasteiger partial charge < -0.3 is 5.32 Å². The molecule has 0 unspecified atom stereocenters. The number of sulfonamides is 1. The van der Waals surface area contributed by atoms with Crippen molar-refractivity contribution in [1.29, 1.82) is 5.26 Å². The maximum atomic E-state index is 12.7. The quantitative estimate of drug-likeness (QED) is 0.748. The van der Waals surface area contributed by atoms with Crippen LogP contribution in [0, 0.1) is 17.2 Å². The van der Waals surface area contributed by atoms with E-state index in [1.54, 1.807) is 13.8 Å². The molecule has 1 heterocycles. The van der Waals surface area contributed by atoms with Gasteiger partial charge in [0.1, 0.15) is 11.1 Å². The van der Waals surface area contributed by atoms with Gasteiger partial charge >= 0.3 is 0 Å². The lowest BCUT2D eigenvalue weighted by Crippen LogP contribution is -2.30. The van der Waals surface area contributed by atoms with Gasteiger partial charge in [0.05, 0.1) is 10.5 Å². The summed E-state index contributed by atoms with van der Waals surface area (Å²) < 4.78 is 26.5. The largest absolute Gasteiger partial charge is 0.312 e. The van der Waals surface area contributed by atoms with Crippen LogP contribution in [0.25, 0.3) is 0 Å². The summed E-state index contributed by atoms with van der Waals surface area (Å²) in [5.74, 6) is 0.188. The number of carbonyl (C=O) groups excluding carboxylic acids is 1. The zero-order chi connectivity index (χ0) is 21.2. The van der Waals surface area contributed by atoms with Crippen molar-refractivity contribution in [2.24, 2.45) is 5.92 Å². The second-order valence-corrected chi connectivity index (χ2v) is 10.3.